The zero-order chi connectivity index (χ0) is 15.8. The first-order chi connectivity index (χ1) is 9.70. The summed E-state index contributed by atoms with van der Waals surface area (Å²) < 4.78 is 5.38. The van der Waals surface area contributed by atoms with Crippen LogP contribution in [0.4, 0.5) is 4.79 Å². The lowest BCUT2D eigenvalue weighted by Gasteiger charge is -2.31. The van der Waals surface area contributed by atoms with Crippen molar-refractivity contribution in [3.8, 4) is 0 Å². The van der Waals surface area contributed by atoms with Crippen LogP contribution in [0.15, 0.2) is 5.51 Å². The highest BCUT2D eigenvalue weighted by atomic mass is 32.1. The number of ether oxygens (including phenoxy) is 1. The SMILES string of the molecule is Cc1ncsc1C(C(=O)O)N(C(=O)OC(C)(C)C)C1CC1. The van der Waals surface area contributed by atoms with Crippen molar-refractivity contribution in [1.82, 2.24) is 9.88 Å². The van der Waals surface area contributed by atoms with Crippen LogP contribution >= 0.6 is 11.3 Å². The number of carbonyl (C=O) groups is 2. The van der Waals surface area contributed by atoms with E-state index in [1.807, 2.05) is 0 Å². The summed E-state index contributed by atoms with van der Waals surface area (Å²) in [6.45, 7) is 7.05. The maximum atomic E-state index is 12.4. The van der Waals surface area contributed by atoms with Crippen LogP contribution in [0.5, 0.6) is 0 Å². The Labute approximate surface area is 127 Å². The molecule has 0 aliphatic heterocycles. The number of rotatable bonds is 4. The van der Waals surface area contributed by atoms with Crippen molar-refractivity contribution < 1.29 is 19.4 Å². The molecule has 0 saturated heterocycles. The van der Waals surface area contributed by atoms with Gasteiger partial charge >= 0.3 is 12.1 Å². The number of carbonyl (C=O) groups excluding carboxylic acids is 1. The van der Waals surface area contributed by atoms with Crippen molar-refractivity contribution in [3.05, 3.63) is 16.1 Å². The molecule has 1 heterocycles. The van der Waals surface area contributed by atoms with Gasteiger partial charge < -0.3 is 9.84 Å². The van der Waals surface area contributed by atoms with Crippen molar-refractivity contribution in [2.75, 3.05) is 0 Å². The highest BCUT2D eigenvalue weighted by molar-refractivity contribution is 7.10. The minimum Gasteiger partial charge on any atom is -0.479 e. The van der Waals surface area contributed by atoms with Gasteiger partial charge in [0.1, 0.15) is 5.60 Å². The number of amides is 1. The first kappa shape index (κ1) is 15.8. The zero-order valence-corrected chi connectivity index (χ0v) is 13.4. The quantitative estimate of drug-likeness (QED) is 0.924. The van der Waals surface area contributed by atoms with Gasteiger partial charge in [0, 0.05) is 6.04 Å². The van der Waals surface area contributed by atoms with Gasteiger partial charge in [0.15, 0.2) is 6.04 Å². The van der Waals surface area contributed by atoms with Crippen LogP contribution < -0.4 is 0 Å². The van der Waals surface area contributed by atoms with Crippen molar-refractivity contribution in [2.45, 2.75) is 58.2 Å². The van der Waals surface area contributed by atoms with Gasteiger partial charge in [-0.05, 0) is 40.5 Å². The number of thiazole rings is 1. The van der Waals surface area contributed by atoms with E-state index in [1.165, 1.54) is 16.2 Å². The molecule has 1 aromatic heterocycles. The second-order valence-electron chi connectivity index (χ2n) is 6.16. The number of hydrogen-bond donors (Lipinski definition) is 1. The third-order valence-corrected chi connectivity index (χ3v) is 4.07. The van der Waals surface area contributed by atoms with Crippen LogP contribution in [0.3, 0.4) is 0 Å². The Kier molecular flexibility index (Phi) is 4.22. The monoisotopic (exact) mass is 312 g/mol. The minimum absolute atomic E-state index is 0.0672. The zero-order valence-electron chi connectivity index (χ0n) is 12.6. The summed E-state index contributed by atoms with van der Waals surface area (Å²) in [7, 11) is 0. The average Bonchev–Trinajstić information content (AvgIpc) is 3.06. The third kappa shape index (κ3) is 3.72. The third-order valence-electron chi connectivity index (χ3n) is 3.09. The molecule has 0 bridgehead atoms. The molecule has 116 valence electrons. The van der Waals surface area contributed by atoms with Gasteiger partial charge in [-0.2, -0.15) is 0 Å². The predicted octanol–water partition coefficient (Wildman–Crippen LogP) is 2.98. The van der Waals surface area contributed by atoms with Crippen LogP contribution in [0.25, 0.3) is 0 Å². The van der Waals surface area contributed by atoms with Crippen LogP contribution in [0.1, 0.15) is 50.2 Å². The second-order valence-corrected chi connectivity index (χ2v) is 7.05. The number of nitrogens with zero attached hydrogens (tertiary/aromatic N) is 2. The summed E-state index contributed by atoms with van der Waals surface area (Å²) in [5, 5.41) is 9.59. The number of aromatic nitrogens is 1. The Morgan fingerprint density at radius 1 is 1.48 bits per heavy atom. The number of carboxylic acid groups (broad SMARTS) is 1. The van der Waals surface area contributed by atoms with E-state index in [0.29, 0.717) is 10.6 Å². The molecule has 2 rings (SSSR count). The van der Waals surface area contributed by atoms with Crippen LogP contribution in [0.2, 0.25) is 0 Å². The largest absolute Gasteiger partial charge is 0.479 e. The lowest BCUT2D eigenvalue weighted by Crippen LogP contribution is -2.43. The fourth-order valence-corrected chi connectivity index (χ4v) is 2.95. The van der Waals surface area contributed by atoms with E-state index in [-0.39, 0.29) is 6.04 Å². The molecule has 1 amide bonds. The molecule has 6 nitrogen and oxygen atoms in total. The molecule has 0 radical (unpaired) electrons. The summed E-state index contributed by atoms with van der Waals surface area (Å²) in [5.74, 6) is -1.06. The highest BCUT2D eigenvalue weighted by Crippen LogP contribution is 2.38. The van der Waals surface area contributed by atoms with E-state index >= 15 is 0 Å². The van der Waals surface area contributed by atoms with Gasteiger partial charge in [0.2, 0.25) is 0 Å². The summed E-state index contributed by atoms with van der Waals surface area (Å²) in [5.41, 5.74) is 1.58. The lowest BCUT2D eigenvalue weighted by molar-refractivity contribution is -0.143. The van der Waals surface area contributed by atoms with Gasteiger partial charge in [-0.25, -0.2) is 14.6 Å². The molecule has 0 aromatic carbocycles. The molecule has 7 heteroatoms. The summed E-state index contributed by atoms with van der Waals surface area (Å²) >= 11 is 1.25. The smallest absolute Gasteiger partial charge is 0.411 e. The molecule has 21 heavy (non-hydrogen) atoms. The van der Waals surface area contributed by atoms with Gasteiger partial charge in [-0.15, -0.1) is 11.3 Å². The maximum Gasteiger partial charge on any atom is 0.411 e. The van der Waals surface area contributed by atoms with Crippen LogP contribution in [-0.2, 0) is 9.53 Å². The van der Waals surface area contributed by atoms with Gasteiger partial charge in [0.25, 0.3) is 0 Å². The fraction of sp³-hybridized carbons (Fsp3) is 0.643. The molecule has 0 spiro atoms. The van der Waals surface area contributed by atoms with Crippen molar-refractivity contribution in [3.63, 3.8) is 0 Å². The Morgan fingerprint density at radius 3 is 2.48 bits per heavy atom. The number of hydrogen-bond acceptors (Lipinski definition) is 5. The Hall–Kier alpha value is -1.63. The Balaban J connectivity index is 2.32. The van der Waals surface area contributed by atoms with Crippen molar-refractivity contribution in [1.29, 1.82) is 0 Å². The first-order valence-electron chi connectivity index (χ1n) is 6.85. The van der Waals surface area contributed by atoms with E-state index < -0.39 is 23.7 Å². The van der Waals surface area contributed by atoms with Crippen molar-refractivity contribution >= 4 is 23.4 Å². The Morgan fingerprint density at radius 2 is 2.10 bits per heavy atom. The average molecular weight is 312 g/mol. The van der Waals surface area contributed by atoms with Gasteiger partial charge in [-0.1, -0.05) is 0 Å². The molecule has 1 aliphatic carbocycles. The number of aryl methyl sites for hydroxylation is 1. The molecule has 1 N–H and O–H groups in total. The summed E-state index contributed by atoms with van der Waals surface area (Å²) in [4.78, 5) is 30.2. The number of aliphatic carboxylic acids is 1. The molecule has 1 aliphatic rings. The van der Waals surface area contributed by atoms with Crippen LogP contribution in [-0.4, -0.2) is 38.7 Å². The fourth-order valence-electron chi connectivity index (χ4n) is 2.06. The summed E-state index contributed by atoms with van der Waals surface area (Å²) in [6, 6.07) is -1.10. The lowest BCUT2D eigenvalue weighted by atomic mass is 10.1. The van der Waals surface area contributed by atoms with Gasteiger partial charge in [-0.3, -0.25) is 4.90 Å². The predicted molar refractivity (Wildman–Crippen MR) is 78.3 cm³/mol. The molecular formula is C14H20N2O4S. The van der Waals surface area contributed by atoms with E-state index in [9.17, 15) is 14.7 Å². The van der Waals surface area contributed by atoms with E-state index in [1.54, 1.807) is 33.2 Å². The molecular weight excluding hydrogens is 292 g/mol. The summed E-state index contributed by atoms with van der Waals surface area (Å²) in [6.07, 6.45) is 1.03. The highest BCUT2D eigenvalue weighted by Gasteiger charge is 2.44. The Bertz CT molecular complexity index is 545. The minimum atomic E-state index is -1.06. The van der Waals surface area contributed by atoms with Crippen LogP contribution in [0, 0.1) is 6.92 Å². The van der Waals surface area contributed by atoms with E-state index in [4.69, 9.17) is 4.74 Å². The number of carboxylic acids is 1. The second kappa shape index (κ2) is 5.63. The van der Waals surface area contributed by atoms with E-state index in [2.05, 4.69) is 4.98 Å². The normalized spacial score (nSPS) is 16.4. The van der Waals surface area contributed by atoms with Gasteiger partial charge in [0.05, 0.1) is 16.1 Å². The molecule has 1 unspecified atom stereocenters. The molecule has 1 fully saturated rings. The molecule has 1 atom stereocenters. The van der Waals surface area contributed by atoms with Crippen molar-refractivity contribution in [2.24, 2.45) is 0 Å². The topological polar surface area (TPSA) is 79.7 Å². The first-order valence-corrected chi connectivity index (χ1v) is 7.73. The maximum absolute atomic E-state index is 12.4. The standard InChI is InChI=1S/C14H20N2O4S/c1-8-11(21-7-15-8)10(12(17)18)16(9-5-6-9)13(19)20-14(2,3)4/h7,9-10H,5-6H2,1-4H3,(H,17,18). The molecule has 1 aromatic rings. The van der Waals surface area contributed by atoms with E-state index in [0.717, 1.165) is 12.8 Å². The molecule has 1 saturated carbocycles.